The van der Waals surface area contributed by atoms with Crippen molar-refractivity contribution >= 4 is 11.9 Å². The molecule has 23 heavy (non-hydrogen) atoms. The summed E-state index contributed by atoms with van der Waals surface area (Å²) in [6, 6.07) is 3.63. The van der Waals surface area contributed by atoms with Gasteiger partial charge in [-0.05, 0) is 32.9 Å². The van der Waals surface area contributed by atoms with E-state index in [1.807, 2.05) is 20.8 Å². The minimum atomic E-state index is -0.402. The van der Waals surface area contributed by atoms with Crippen molar-refractivity contribution in [2.45, 2.75) is 26.8 Å². The zero-order valence-corrected chi connectivity index (χ0v) is 13.3. The lowest BCUT2D eigenvalue weighted by atomic mass is 10.3. The molecule has 1 N–H and O–H groups in total. The van der Waals surface area contributed by atoms with Gasteiger partial charge in [-0.2, -0.15) is 10.2 Å². The number of carbonyl (C=O) groups is 1. The van der Waals surface area contributed by atoms with Crippen LogP contribution in [-0.4, -0.2) is 35.7 Å². The highest BCUT2D eigenvalue weighted by Gasteiger charge is 2.18. The lowest BCUT2D eigenvalue weighted by molar-refractivity contribution is 0.101. The normalized spacial score (nSPS) is 11.2. The molecule has 3 aromatic rings. The van der Waals surface area contributed by atoms with E-state index in [1.54, 1.807) is 34.7 Å². The molecule has 0 saturated heterocycles. The molecule has 0 saturated carbocycles. The summed E-state index contributed by atoms with van der Waals surface area (Å²) >= 11 is 0. The summed E-state index contributed by atoms with van der Waals surface area (Å²) in [4.78, 5) is 12.1. The summed E-state index contributed by atoms with van der Waals surface area (Å²) in [5.41, 5.74) is 1.86. The molecule has 0 unspecified atom stereocenters. The Kier molecular flexibility index (Phi) is 3.68. The summed E-state index contributed by atoms with van der Waals surface area (Å²) in [7, 11) is 1.77. The molecule has 0 fully saturated rings. The van der Waals surface area contributed by atoms with Gasteiger partial charge in [0.25, 0.3) is 11.8 Å². The van der Waals surface area contributed by atoms with Crippen LogP contribution in [0.1, 0.15) is 36.1 Å². The molecule has 0 aliphatic carbocycles. The maximum atomic E-state index is 12.1. The Balaban J connectivity index is 1.79. The molecule has 0 radical (unpaired) electrons. The summed E-state index contributed by atoms with van der Waals surface area (Å²) in [6.45, 7) is 5.86. The third-order valence-electron chi connectivity index (χ3n) is 3.37. The first-order valence-electron chi connectivity index (χ1n) is 7.15. The van der Waals surface area contributed by atoms with E-state index in [4.69, 9.17) is 4.42 Å². The first-order chi connectivity index (χ1) is 11.0. The molecule has 3 rings (SSSR count). The van der Waals surface area contributed by atoms with Gasteiger partial charge in [-0.1, -0.05) is 5.10 Å². The highest BCUT2D eigenvalue weighted by molar-refractivity contribution is 6.01. The SMILES string of the molecule is Cc1cc(C(=O)Nc2nnc(-c3ccnn3C(C)C)o2)nn1C. The number of aromatic nitrogens is 6. The van der Waals surface area contributed by atoms with Crippen LogP contribution in [0.15, 0.2) is 22.7 Å². The van der Waals surface area contributed by atoms with Gasteiger partial charge in [-0.15, -0.1) is 5.10 Å². The summed E-state index contributed by atoms with van der Waals surface area (Å²) < 4.78 is 8.88. The molecule has 3 aromatic heterocycles. The van der Waals surface area contributed by atoms with Crippen LogP contribution in [-0.2, 0) is 7.05 Å². The van der Waals surface area contributed by atoms with Gasteiger partial charge in [0.05, 0.1) is 0 Å². The second kappa shape index (κ2) is 5.67. The molecule has 1 amide bonds. The van der Waals surface area contributed by atoms with Crippen molar-refractivity contribution in [2.75, 3.05) is 5.32 Å². The average Bonchev–Trinajstić information content (AvgIpc) is 3.19. The smallest absolute Gasteiger partial charge is 0.322 e. The van der Waals surface area contributed by atoms with Crippen molar-refractivity contribution < 1.29 is 9.21 Å². The highest BCUT2D eigenvalue weighted by atomic mass is 16.4. The summed E-state index contributed by atoms with van der Waals surface area (Å²) in [6.07, 6.45) is 1.66. The van der Waals surface area contributed by atoms with Crippen molar-refractivity contribution in [1.82, 2.24) is 29.8 Å². The zero-order chi connectivity index (χ0) is 16.6. The Labute approximate surface area is 132 Å². The Hall–Kier alpha value is -2.97. The Morgan fingerprint density at radius 1 is 1.35 bits per heavy atom. The zero-order valence-electron chi connectivity index (χ0n) is 13.3. The molecule has 9 heteroatoms. The van der Waals surface area contributed by atoms with E-state index in [9.17, 15) is 4.79 Å². The van der Waals surface area contributed by atoms with E-state index in [2.05, 4.69) is 25.7 Å². The van der Waals surface area contributed by atoms with Crippen LogP contribution in [0, 0.1) is 6.92 Å². The van der Waals surface area contributed by atoms with Gasteiger partial charge in [0.1, 0.15) is 5.69 Å². The second-order valence-corrected chi connectivity index (χ2v) is 5.42. The fourth-order valence-corrected chi connectivity index (χ4v) is 2.11. The second-order valence-electron chi connectivity index (χ2n) is 5.42. The number of hydrogen-bond acceptors (Lipinski definition) is 6. The summed E-state index contributed by atoms with van der Waals surface area (Å²) in [5, 5.41) is 18.7. The van der Waals surface area contributed by atoms with E-state index in [-0.39, 0.29) is 17.8 Å². The van der Waals surface area contributed by atoms with E-state index in [0.29, 0.717) is 11.6 Å². The molecule has 0 aromatic carbocycles. The number of hydrogen-bond donors (Lipinski definition) is 1. The minimum absolute atomic E-state index is 0.0183. The number of amides is 1. The Morgan fingerprint density at radius 2 is 2.13 bits per heavy atom. The van der Waals surface area contributed by atoms with Crippen LogP contribution in [0.5, 0.6) is 0 Å². The average molecular weight is 315 g/mol. The van der Waals surface area contributed by atoms with Gasteiger partial charge in [0, 0.05) is 25.0 Å². The fourth-order valence-electron chi connectivity index (χ4n) is 2.11. The third-order valence-corrected chi connectivity index (χ3v) is 3.37. The molecule has 0 aliphatic rings. The monoisotopic (exact) mass is 315 g/mol. The largest absolute Gasteiger partial charge is 0.401 e. The first-order valence-corrected chi connectivity index (χ1v) is 7.15. The topological polar surface area (TPSA) is 104 Å². The number of aryl methyl sites for hydroxylation is 2. The van der Waals surface area contributed by atoms with Crippen LogP contribution in [0.4, 0.5) is 6.01 Å². The lowest BCUT2D eigenvalue weighted by Gasteiger charge is -2.07. The van der Waals surface area contributed by atoms with E-state index >= 15 is 0 Å². The number of anilines is 1. The lowest BCUT2D eigenvalue weighted by Crippen LogP contribution is -2.13. The molecule has 0 spiro atoms. The van der Waals surface area contributed by atoms with Crippen molar-refractivity contribution in [3.05, 3.63) is 29.7 Å². The van der Waals surface area contributed by atoms with Crippen LogP contribution in [0.3, 0.4) is 0 Å². The Bertz CT molecular complexity index is 824. The van der Waals surface area contributed by atoms with Crippen molar-refractivity contribution in [1.29, 1.82) is 0 Å². The van der Waals surface area contributed by atoms with Crippen LogP contribution in [0.25, 0.3) is 11.6 Å². The maximum absolute atomic E-state index is 12.1. The van der Waals surface area contributed by atoms with Crippen molar-refractivity contribution in [2.24, 2.45) is 7.05 Å². The van der Waals surface area contributed by atoms with E-state index in [1.165, 1.54) is 0 Å². The summed E-state index contributed by atoms with van der Waals surface area (Å²) in [5.74, 6) is -0.107. The van der Waals surface area contributed by atoms with Crippen LogP contribution in [0.2, 0.25) is 0 Å². The van der Waals surface area contributed by atoms with Crippen molar-refractivity contribution in [3.63, 3.8) is 0 Å². The molecule has 0 atom stereocenters. The molecule has 3 heterocycles. The molecule has 0 aliphatic heterocycles. The van der Waals surface area contributed by atoms with Crippen LogP contribution >= 0.6 is 0 Å². The van der Waals surface area contributed by atoms with E-state index in [0.717, 1.165) is 5.69 Å². The molecular formula is C14H17N7O2. The molecule has 9 nitrogen and oxygen atoms in total. The van der Waals surface area contributed by atoms with E-state index < -0.39 is 5.91 Å². The standard InChI is InChI=1S/C14H17N7O2/c1-8(2)21-11(5-6-15-21)13-17-18-14(23-13)16-12(22)10-7-9(3)20(4)19-10/h5-8H,1-4H3,(H,16,18,22). The number of rotatable bonds is 4. The number of carbonyl (C=O) groups excluding carboxylic acids is 1. The maximum Gasteiger partial charge on any atom is 0.322 e. The first kappa shape index (κ1) is 14.9. The predicted molar refractivity (Wildman–Crippen MR) is 81.8 cm³/mol. The molecule has 120 valence electrons. The quantitative estimate of drug-likeness (QED) is 0.787. The van der Waals surface area contributed by atoms with Gasteiger partial charge in [0.2, 0.25) is 0 Å². The fraction of sp³-hybridized carbons (Fsp3) is 0.357. The molecular weight excluding hydrogens is 298 g/mol. The molecule has 0 bridgehead atoms. The van der Waals surface area contributed by atoms with Gasteiger partial charge in [-0.25, -0.2) is 0 Å². The third kappa shape index (κ3) is 2.85. The van der Waals surface area contributed by atoms with Gasteiger partial charge < -0.3 is 4.42 Å². The van der Waals surface area contributed by atoms with Gasteiger partial charge in [0.15, 0.2) is 5.69 Å². The van der Waals surface area contributed by atoms with Gasteiger partial charge in [-0.3, -0.25) is 19.5 Å². The number of nitrogens with one attached hydrogen (secondary N) is 1. The number of nitrogens with zero attached hydrogens (tertiary/aromatic N) is 6. The van der Waals surface area contributed by atoms with Crippen LogP contribution < -0.4 is 5.32 Å². The minimum Gasteiger partial charge on any atom is -0.401 e. The highest BCUT2D eigenvalue weighted by Crippen LogP contribution is 2.22. The predicted octanol–water partition coefficient (Wildman–Crippen LogP) is 1.81. The van der Waals surface area contributed by atoms with Crippen molar-refractivity contribution in [3.8, 4) is 11.6 Å². The van der Waals surface area contributed by atoms with Gasteiger partial charge >= 0.3 is 6.01 Å². The Morgan fingerprint density at radius 3 is 2.78 bits per heavy atom.